The zero-order valence-electron chi connectivity index (χ0n) is 11.6. The molecule has 17 heavy (non-hydrogen) atoms. The SMILES string of the molecule is CN(CCCC1CCNCC1)C1CCCCC1. The molecule has 1 N–H and O–H groups in total. The van der Waals surface area contributed by atoms with E-state index in [1.165, 1.54) is 77.4 Å². The summed E-state index contributed by atoms with van der Waals surface area (Å²) in [5.41, 5.74) is 0. The minimum atomic E-state index is 0.900. The average Bonchev–Trinajstić information content (AvgIpc) is 2.41. The van der Waals surface area contributed by atoms with Crippen LogP contribution < -0.4 is 5.32 Å². The molecule has 0 aromatic rings. The monoisotopic (exact) mass is 238 g/mol. The Kier molecular flexibility index (Phi) is 5.79. The maximum atomic E-state index is 3.46. The molecule has 0 spiro atoms. The van der Waals surface area contributed by atoms with Crippen molar-refractivity contribution in [2.75, 3.05) is 26.7 Å². The predicted octanol–water partition coefficient (Wildman–Crippen LogP) is 3.03. The van der Waals surface area contributed by atoms with Gasteiger partial charge in [-0.2, -0.15) is 0 Å². The molecule has 1 aliphatic carbocycles. The first-order valence-electron chi connectivity index (χ1n) is 7.77. The quantitative estimate of drug-likeness (QED) is 0.792. The highest BCUT2D eigenvalue weighted by atomic mass is 15.1. The fourth-order valence-electron chi connectivity index (χ4n) is 3.50. The number of hydrogen-bond acceptors (Lipinski definition) is 2. The largest absolute Gasteiger partial charge is 0.317 e. The van der Waals surface area contributed by atoms with Gasteiger partial charge in [0.05, 0.1) is 0 Å². The van der Waals surface area contributed by atoms with E-state index in [0.717, 1.165) is 12.0 Å². The van der Waals surface area contributed by atoms with Crippen LogP contribution in [0.5, 0.6) is 0 Å². The molecular weight excluding hydrogens is 208 g/mol. The van der Waals surface area contributed by atoms with E-state index >= 15 is 0 Å². The molecule has 0 aromatic carbocycles. The van der Waals surface area contributed by atoms with Crippen molar-refractivity contribution in [2.45, 2.75) is 63.8 Å². The van der Waals surface area contributed by atoms with Crippen LogP contribution in [0.4, 0.5) is 0 Å². The Morgan fingerprint density at radius 1 is 1.00 bits per heavy atom. The average molecular weight is 238 g/mol. The molecule has 2 rings (SSSR count). The van der Waals surface area contributed by atoms with Gasteiger partial charge in [0.1, 0.15) is 0 Å². The number of piperidine rings is 1. The van der Waals surface area contributed by atoms with Crippen molar-refractivity contribution in [3.05, 3.63) is 0 Å². The van der Waals surface area contributed by atoms with E-state index in [4.69, 9.17) is 0 Å². The summed E-state index contributed by atoms with van der Waals surface area (Å²) in [6, 6.07) is 0.900. The van der Waals surface area contributed by atoms with Gasteiger partial charge >= 0.3 is 0 Å². The van der Waals surface area contributed by atoms with Crippen LogP contribution in [0.15, 0.2) is 0 Å². The Bertz CT molecular complexity index is 193. The molecule has 0 unspecified atom stereocenters. The van der Waals surface area contributed by atoms with Gasteiger partial charge in [0.2, 0.25) is 0 Å². The topological polar surface area (TPSA) is 15.3 Å². The molecule has 1 saturated carbocycles. The normalized spacial score (nSPS) is 24.4. The van der Waals surface area contributed by atoms with Crippen molar-refractivity contribution in [1.29, 1.82) is 0 Å². The van der Waals surface area contributed by atoms with Crippen LogP contribution in [0.3, 0.4) is 0 Å². The molecule has 0 bridgehead atoms. The molecule has 2 heteroatoms. The van der Waals surface area contributed by atoms with Crippen LogP contribution in [0.1, 0.15) is 57.8 Å². The van der Waals surface area contributed by atoms with Crippen molar-refractivity contribution in [3.8, 4) is 0 Å². The van der Waals surface area contributed by atoms with Crippen LogP contribution in [0.2, 0.25) is 0 Å². The lowest BCUT2D eigenvalue weighted by molar-refractivity contribution is 0.183. The van der Waals surface area contributed by atoms with Gasteiger partial charge in [-0.25, -0.2) is 0 Å². The van der Waals surface area contributed by atoms with E-state index in [1.807, 2.05) is 0 Å². The molecule has 0 amide bonds. The maximum Gasteiger partial charge on any atom is 0.00922 e. The molecule has 100 valence electrons. The summed E-state index contributed by atoms with van der Waals surface area (Å²) in [4.78, 5) is 2.64. The third kappa shape index (κ3) is 4.59. The minimum Gasteiger partial charge on any atom is -0.317 e. The lowest BCUT2D eigenvalue weighted by atomic mass is 9.92. The van der Waals surface area contributed by atoms with Crippen LogP contribution in [0, 0.1) is 5.92 Å². The molecule has 2 aliphatic rings. The van der Waals surface area contributed by atoms with E-state index in [2.05, 4.69) is 17.3 Å². The van der Waals surface area contributed by atoms with Crippen molar-refractivity contribution >= 4 is 0 Å². The third-order valence-corrected chi connectivity index (χ3v) is 4.78. The van der Waals surface area contributed by atoms with Gasteiger partial charge in [0.15, 0.2) is 0 Å². The van der Waals surface area contributed by atoms with Crippen molar-refractivity contribution < 1.29 is 0 Å². The fourth-order valence-corrected chi connectivity index (χ4v) is 3.50. The molecular formula is C15H30N2. The van der Waals surface area contributed by atoms with Gasteiger partial charge in [-0.3, -0.25) is 0 Å². The molecule has 2 nitrogen and oxygen atoms in total. The Hall–Kier alpha value is -0.0800. The zero-order valence-corrected chi connectivity index (χ0v) is 11.6. The van der Waals surface area contributed by atoms with Crippen LogP contribution in [-0.4, -0.2) is 37.6 Å². The fraction of sp³-hybridized carbons (Fsp3) is 1.00. The highest BCUT2D eigenvalue weighted by molar-refractivity contribution is 4.74. The van der Waals surface area contributed by atoms with E-state index in [1.54, 1.807) is 0 Å². The number of hydrogen-bond donors (Lipinski definition) is 1. The summed E-state index contributed by atoms with van der Waals surface area (Å²) >= 11 is 0. The van der Waals surface area contributed by atoms with Gasteiger partial charge in [-0.1, -0.05) is 19.3 Å². The van der Waals surface area contributed by atoms with Crippen LogP contribution in [-0.2, 0) is 0 Å². The van der Waals surface area contributed by atoms with Crippen LogP contribution >= 0.6 is 0 Å². The van der Waals surface area contributed by atoms with E-state index in [-0.39, 0.29) is 0 Å². The summed E-state index contributed by atoms with van der Waals surface area (Å²) in [6.07, 6.45) is 13.0. The lowest BCUT2D eigenvalue weighted by Crippen LogP contribution is -2.34. The number of rotatable bonds is 5. The van der Waals surface area contributed by atoms with Crippen molar-refractivity contribution in [2.24, 2.45) is 5.92 Å². The number of nitrogens with one attached hydrogen (secondary N) is 1. The first-order valence-corrected chi connectivity index (χ1v) is 7.77. The van der Waals surface area contributed by atoms with Gasteiger partial charge in [0.25, 0.3) is 0 Å². The molecule has 0 aromatic heterocycles. The predicted molar refractivity (Wildman–Crippen MR) is 74.3 cm³/mol. The van der Waals surface area contributed by atoms with Crippen molar-refractivity contribution in [3.63, 3.8) is 0 Å². The highest BCUT2D eigenvalue weighted by Crippen LogP contribution is 2.23. The first-order chi connectivity index (χ1) is 8.36. The Balaban J connectivity index is 1.57. The Labute approximate surface area is 107 Å². The third-order valence-electron chi connectivity index (χ3n) is 4.78. The van der Waals surface area contributed by atoms with Gasteiger partial charge < -0.3 is 10.2 Å². The summed E-state index contributed by atoms with van der Waals surface area (Å²) < 4.78 is 0. The lowest BCUT2D eigenvalue weighted by Gasteiger charge is -2.31. The van der Waals surface area contributed by atoms with Gasteiger partial charge in [-0.05, 0) is 71.1 Å². The Morgan fingerprint density at radius 2 is 1.71 bits per heavy atom. The first kappa shape index (κ1) is 13.4. The number of nitrogens with zero attached hydrogens (tertiary/aromatic N) is 1. The molecule has 1 heterocycles. The zero-order chi connectivity index (χ0) is 11.9. The molecule has 1 aliphatic heterocycles. The second kappa shape index (κ2) is 7.38. The Morgan fingerprint density at radius 3 is 2.41 bits per heavy atom. The standard InChI is InChI=1S/C15H30N2/c1-17(15-7-3-2-4-8-15)13-5-6-14-9-11-16-12-10-14/h14-16H,2-13H2,1H3. The summed E-state index contributed by atoms with van der Waals surface area (Å²) in [5, 5.41) is 3.46. The minimum absolute atomic E-state index is 0.900. The van der Waals surface area contributed by atoms with E-state index in [0.29, 0.717) is 0 Å². The molecule has 0 radical (unpaired) electrons. The molecule has 0 atom stereocenters. The highest BCUT2D eigenvalue weighted by Gasteiger charge is 2.18. The summed E-state index contributed by atoms with van der Waals surface area (Å²) in [7, 11) is 2.35. The maximum absolute atomic E-state index is 3.46. The van der Waals surface area contributed by atoms with Crippen molar-refractivity contribution in [1.82, 2.24) is 10.2 Å². The smallest absolute Gasteiger partial charge is 0.00922 e. The molecule has 1 saturated heterocycles. The van der Waals surface area contributed by atoms with Gasteiger partial charge in [0, 0.05) is 6.04 Å². The summed E-state index contributed by atoms with van der Waals surface area (Å²) in [6.45, 7) is 3.83. The van der Waals surface area contributed by atoms with Gasteiger partial charge in [-0.15, -0.1) is 0 Å². The second-order valence-corrected chi connectivity index (χ2v) is 6.11. The van der Waals surface area contributed by atoms with E-state index in [9.17, 15) is 0 Å². The van der Waals surface area contributed by atoms with E-state index < -0.39 is 0 Å². The second-order valence-electron chi connectivity index (χ2n) is 6.11. The van der Waals surface area contributed by atoms with Crippen LogP contribution in [0.25, 0.3) is 0 Å². The molecule has 2 fully saturated rings. The summed E-state index contributed by atoms with van der Waals surface area (Å²) in [5.74, 6) is 1.01.